The Bertz CT molecular complexity index is 1210. The molecule has 0 aliphatic carbocycles. The minimum atomic E-state index is -0.107. The molecular weight excluding hydrogens is 390 g/mol. The fraction of sp³-hybridized carbons (Fsp3) is 0.250. The van der Waals surface area contributed by atoms with Gasteiger partial charge in [0.1, 0.15) is 5.69 Å². The van der Waals surface area contributed by atoms with Gasteiger partial charge in [-0.05, 0) is 29.7 Å². The third-order valence-electron chi connectivity index (χ3n) is 5.66. The highest BCUT2D eigenvalue weighted by molar-refractivity contribution is 5.96. The first-order chi connectivity index (χ1) is 15.1. The van der Waals surface area contributed by atoms with Gasteiger partial charge in [0.15, 0.2) is 5.82 Å². The molecule has 1 aliphatic heterocycles. The number of hydrogen-bond donors (Lipinski definition) is 1. The van der Waals surface area contributed by atoms with Gasteiger partial charge < -0.3 is 9.42 Å². The van der Waals surface area contributed by atoms with Crippen molar-refractivity contribution in [2.45, 2.75) is 32.1 Å². The highest BCUT2D eigenvalue weighted by Crippen LogP contribution is 2.33. The molecule has 0 spiro atoms. The summed E-state index contributed by atoms with van der Waals surface area (Å²) in [5, 5.41) is 11.5. The van der Waals surface area contributed by atoms with Crippen molar-refractivity contribution in [3.05, 3.63) is 72.1 Å². The largest absolute Gasteiger partial charge is 0.332 e. The van der Waals surface area contributed by atoms with Crippen LogP contribution in [0.4, 0.5) is 5.69 Å². The van der Waals surface area contributed by atoms with Gasteiger partial charge in [-0.25, -0.2) is 0 Å². The second-order valence-corrected chi connectivity index (χ2v) is 8.15. The zero-order valence-corrected chi connectivity index (χ0v) is 17.4. The van der Waals surface area contributed by atoms with Crippen LogP contribution in [0.5, 0.6) is 0 Å². The van der Waals surface area contributed by atoms with Crippen molar-refractivity contribution in [3.8, 4) is 22.8 Å². The molecule has 0 bridgehead atoms. The Labute approximate surface area is 180 Å². The topological polar surface area (TPSA) is 87.9 Å². The Hall–Kier alpha value is -3.74. The van der Waals surface area contributed by atoms with Gasteiger partial charge in [-0.1, -0.05) is 61.5 Å². The number of hydrogen-bond acceptors (Lipinski definition) is 5. The van der Waals surface area contributed by atoms with Crippen LogP contribution in [0, 0.1) is 0 Å². The standard InChI is InChI=1S/C24H23N5O2/c1-15(2)17-9-6-10-19(11-17)29-14-18(12-22(29)30)23-25-24(31-28-23)21-13-20(26-27-21)16-7-4-3-5-8-16/h3-11,13,15,18H,12,14H2,1-2H3,(H,26,27). The summed E-state index contributed by atoms with van der Waals surface area (Å²) in [6.07, 6.45) is 0.364. The van der Waals surface area contributed by atoms with Gasteiger partial charge >= 0.3 is 0 Å². The van der Waals surface area contributed by atoms with Gasteiger partial charge in [-0.15, -0.1) is 0 Å². The number of amides is 1. The smallest absolute Gasteiger partial charge is 0.275 e. The van der Waals surface area contributed by atoms with Crippen molar-refractivity contribution < 1.29 is 9.32 Å². The van der Waals surface area contributed by atoms with E-state index >= 15 is 0 Å². The van der Waals surface area contributed by atoms with Crippen molar-refractivity contribution in [2.24, 2.45) is 0 Å². The van der Waals surface area contributed by atoms with Crippen LogP contribution in [0.15, 0.2) is 65.2 Å². The van der Waals surface area contributed by atoms with E-state index in [9.17, 15) is 4.79 Å². The van der Waals surface area contributed by atoms with E-state index in [4.69, 9.17) is 4.52 Å². The zero-order valence-electron chi connectivity index (χ0n) is 17.4. The molecule has 2 aromatic carbocycles. The number of aromatic nitrogens is 4. The number of carbonyl (C=O) groups is 1. The molecule has 1 saturated heterocycles. The Morgan fingerprint density at radius 3 is 2.74 bits per heavy atom. The third kappa shape index (κ3) is 3.74. The van der Waals surface area contributed by atoms with Crippen LogP contribution < -0.4 is 4.90 Å². The highest BCUT2D eigenvalue weighted by Gasteiger charge is 2.35. The van der Waals surface area contributed by atoms with Gasteiger partial charge in [-0.3, -0.25) is 9.89 Å². The molecule has 7 nitrogen and oxygen atoms in total. The van der Waals surface area contributed by atoms with Gasteiger partial charge in [0, 0.05) is 30.1 Å². The van der Waals surface area contributed by atoms with Crippen molar-refractivity contribution in [3.63, 3.8) is 0 Å². The SMILES string of the molecule is CC(C)c1cccc(N2CC(c3noc(-c4cc(-c5ccccc5)n[nH]4)n3)CC2=O)c1. The Kier molecular flexibility index (Phi) is 4.86. The minimum absolute atomic E-state index is 0.0742. The Morgan fingerprint density at radius 2 is 1.94 bits per heavy atom. The minimum Gasteiger partial charge on any atom is -0.332 e. The van der Waals surface area contributed by atoms with Gasteiger partial charge in [0.25, 0.3) is 5.89 Å². The number of carbonyl (C=O) groups excluding carboxylic acids is 1. The normalized spacial score (nSPS) is 16.4. The van der Waals surface area contributed by atoms with Crippen molar-refractivity contribution in [1.29, 1.82) is 0 Å². The van der Waals surface area contributed by atoms with Gasteiger partial charge in [-0.2, -0.15) is 10.1 Å². The fourth-order valence-electron chi connectivity index (χ4n) is 3.88. The summed E-state index contributed by atoms with van der Waals surface area (Å²) in [5.74, 6) is 1.29. The second kappa shape index (κ2) is 7.83. The lowest BCUT2D eigenvalue weighted by atomic mass is 10.0. The molecule has 1 unspecified atom stereocenters. The maximum atomic E-state index is 12.7. The van der Waals surface area contributed by atoms with E-state index in [1.54, 1.807) is 0 Å². The fourth-order valence-corrected chi connectivity index (χ4v) is 3.88. The summed E-state index contributed by atoms with van der Waals surface area (Å²) >= 11 is 0. The summed E-state index contributed by atoms with van der Waals surface area (Å²) < 4.78 is 5.48. The van der Waals surface area contributed by atoms with Crippen LogP contribution in [0.3, 0.4) is 0 Å². The van der Waals surface area contributed by atoms with E-state index < -0.39 is 0 Å². The third-order valence-corrected chi connectivity index (χ3v) is 5.66. The summed E-state index contributed by atoms with van der Waals surface area (Å²) in [5.41, 5.74) is 4.60. The summed E-state index contributed by atoms with van der Waals surface area (Å²) in [6.45, 7) is 4.83. The molecule has 2 aromatic heterocycles. The molecule has 31 heavy (non-hydrogen) atoms. The number of rotatable bonds is 5. The lowest BCUT2D eigenvalue weighted by Gasteiger charge is -2.18. The van der Waals surface area contributed by atoms with Crippen LogP contribution in [0.25, 0.3) is 22.8 Å². The van der Waals surface area contributed by atoms with Gasteiger partial charge in [0.05, 0.1) is 5.69 Å². The number of H-pyrrole nitrogens is 1. The zero-order chi connectivity index (χ0) is 21.4. The lowest BCUT2D eigenvalue weighted by Crippen LogP contribution is -2.24. The van der Waals surface area contributed by atoms with E-state index in [0.29, 0.717) is 36.3 Å². The van der Waals surface area contributed by atoms with Crippen LogP contribution in [0.2, 0.25) is 0 Å². The number of aromatic amines is 1. The first kappa shape index (κ1) is 19.2. The molecule has 7 heteroatoms. The van der Waals surface area contributed by atoms with Crippen molar-refractivity contribution in [1.82, 2.24) is 20.3 Å². The van der Waals surface area contributed by atoms with E-state index in [0.717, 1.165) is 16.9 Å². The maximum Gasteiger partial charge on any atom is 0.275 e. The van der Waals surface area contributed by atoms with Gasteiger partial charge in [0.2, 0.25) is 5.91 Å². The Morgan fingerprint density at radius 1 is 1.10 bits per heavy atom. The number of nitrogens with one attached hydrogen (secondary N) is 1. The number of benzene rings is 2. The quantitative estimate of drug-likeness (QED) is 0.509. The van der Waals surface area contributed by atoms with E-state index in [2.05, 4.69) is 46.3 Å². The molecule has 1 amide bonds. The maximum absolute atomic E-state index is 12.7. The number of anilines is 1. The average Bonchev–Trinajstić information content (AvgIpc) is 3.53. The molecule has 3 heterocycles. The second-order valence-electron chi connectivity index (χ2n) is 8.15. The molecule has 5 rings (SSSR count). The number of nitrogens with zero attached hydrogens (tertiary/aromatic N) is 4. The monoisotopic (exact) mass is 413 g/mol. The molecular formula is C24H23N5O2. The first-order valence-corrected chi connectivity index (χ1v) is 10.4. The highest BCUT2D eigenvalue weighted by atomic mass is 16.5. The summed E-state index contributed by atoms with van der Waals surface area (Å²) in [7, 11) is 0. The van der Waals surface area contributed by atoms with Crippen LogP contribution in [-0.4, -0.2) is 32.8 Å². The molecule has 1 atom stereocenters. The predicted molar refractivity (Wildman–Crippen MR) is 118 cm³/mol. The molecule has 4 aromatic rings. The molecule has 0 radical (unpaired) electrons. The average molecular weight is 413 g/mol. The summed E-state index contributed by atoms with van der Waals surface area (Å²) in [4.78, 5) is 19.1. The molecule has 1 aliphatic rings. The van der Waals surface area contributed by atoms with Crippen LogP contribution in [-0.2, 0) is 4.79 Å². The first-order valence-electron chi connectivity index (χ1n) is 10.4. The van der Waals surface area contributed by atoms with Crippen LogP contribution in [0.1, 0.15) is 43.5 Å². The van der Waals surface area contributed by atoms with Crippen LogP contribution >= 0.6 is 0 Å². The molecule has 156 valence electrons. The molecule has 1 N–H and O–H groups in total. The molecule has 0 saturated carbocycles. The van der Waals surface area contributed by atoms with E-state index in [1.807, 2.05) is 53.4 Å². The predicted octanol–water partition coefficient (Wildman–Crippen LogP) is 4.77. The Balaban J connectivity index is 1.34. The lowest BCUT2D eigenvalue weighted by molar-refractivity contribution is -0.117. The van der Waals surface area contributed by atoms with E-state index in [1.165, 1.54) is 5.56 Å². The van der Waals surface area contributed by atoms with E-state index in [-0.39, 0.29) is 11.8 Å². The van der Waals surface area contributed by atoms with Crippen molar-refractivity contribution in [2.75, 3.05) is 11.4 Å². The molecule has 1 fully saturated rings. The van der Waals surface area contributed by atoms with Crippen molar-refractivity contribution >= 4 is 11.6 Å². The summed E-state index contributed by atoms with van der Waals surface area (Å²) in [6, 6.07) is 19.9.